The summed E-state index contributed by atoms with van der Waals surface area (Å²) in [7, 11) is 1.86. The van der Waals surface area contributed by atoms with Gasteiger partial charge in [-0.1, -0.05) is 12.8 Å². The molecule has 1 aromatic carbocycles. The predicted octanol–water partition coefficient (Wildman–Crippen LogP) is 2.91. The Morgan fingerprint density at radius 3 is 2.74 bits per heavy atom. The SMILES string of the molecule is Cc1cc2cc(-c3cnn(C)c3)c(C#N)cc2n1S. The standard InChI is InChI=1S/C14H12N4S/c1-9-3-10-4-13(12-7-16-17(2)8-12)11(6-15)5-14(10)18(9)19/h3-5,7-8,19H,1-2H3. The van der Waals surface area contributed by atoms with E-state index in [1.165, 1.54) is 0 Å². The Labute approximate surface area is 116 Å². The number of aromatic nitrogens is 3. The van der Waals surface area contributed by atoms with Crippen LogP contribution in [-0.4, -0.2) is 13.8 Å². The van der Waals surface area contributed by atoms with E-state index in [1.54, 1.807) is 14.9 Å². The van der Waals surface area contributed by atoms with Gasteiger partial charge in [0.1, 0.15) is 0 Å². The van der Waals surface area contributed by atoms with Crippen LogP contribution in [0.5, 0.6) is 0 Å². The van der Waals surface area contributed by atoms with E-state index in [2.05, 4.69) is 30.0 Å². The summed E-state index contributed by atoms with van der Waals surface area (Å²) >= 11 is 4.42. The molecule has 4 nitrogen and oxygen atoms in total. The van der Waals surface area contributed by atoms with Crippen LogP contribution in [0.4, 0.5) is 0 Å². The van der Waals surface area contributed by atoms with E-state index in [4.69, 9.17) is 0 Å². The number of aryl methyl sites for hydroxylation is 2. The van der Waals surface area contributed by atoms with Gasteiger partial charge in [0.05, 0.1) is 23.3 Å². The Balaban J connectivity index is 2.33. The summed E-state index contributed by atoms with van der Waals surface area (Å²) in [6, 6.07) is 8.20. The largest absolute Gasteiger partial charge is 0.291 e. The summed E-state index contributed by atoms with van der Waals surface area (Å²) in [5, 5.41) is 14.6. The van der Waals surface area contributed by atoms with Crippen molar-refractivity contribution in [1.82, 2.24) is 13.8 Å². The molecule has 19 heavy (non-hydrogen) atoms. The summed E-state index contributed by atoms with van der Waals surface area (Å²) in [6.45, 7) is 1.99. The number of thiol groups is 1. The molecule has 5 heteroatoms. The van der Waals surface area contributed by atoms with Crippen molar-refractivity contribution in [2.45, 2.75) is 6.92 Å². The monoisotopic (exact) mass is 268 g/mol. The number of nitrogens with zero attached hydrogens (tertiary/aromatic N) is 4. The highest BCUT2D eigenvalue weighted by atomic mass is 32.1. The zero-order valence-corrected chi connectivity index (χ0v) is 11.5. The van der Waals surface area contributed by atoms with Gasteiger partial charge < -0.3 is 0 Å². The van der Waals surface area contributed by atoms with Gasteiger partial charge in [0, 0.05) is 35.5 Å². The maximum atomic E-state index is 9.33. The highest BCUT2D eigenvalue weighted by Gasteiger charge is 2.12. The van der Waals surface area contributed by atoms with E-state index >= 15 is 0 Å². The summed E-state index contributed by atoms with van der Waals surface area (Å²) in [6.07, 6.45) is 3.68. The van der Waals surface area contributed by atoms with Crippen molar-refractivity contribution in [3.8, 4) is 17.2 Å². The minimum absolute atomic E-state index is 0.633. The second kappa shape index (κ2) is 4.18. The van der Waals surface area contributed by atoms with Gasteiger partial charge in [0.25, 0.3) is 0 Å². The summed E-state index contributed by atoms with van der Waals surface area (Å²) < 4.78 is 3.53. The van der Waals surface area contributed by atoms with E-state index in [0.717, 1.165) is 27.7 Å². The molecule has 0 fully saturated rings. The van der Waals surface area contributed by atoms with Crippen LogP contribution < -0.4 is 0 Å². The third-order valence-corrected chi connectivity index (χ3v) is 3.76. The van der Waals surface area contributed by atoms with Gasteiger partial charge in [-0.15, -0.1) is 0 Å². The highest BCUT2D eigenvalue weighted by Crippen LogP contribution is 2.30. The first kappa shape index (κ1) is 11.9. The maximum Gasteiger partial charge on any atom is 0.0998 e. The van der Waals surface area contributed by atoms with Gasteiger partial charge in [-0.3, -0.25) is 8.65 Å². The van der Waals surface area contributed by atoms with E-state index in [0.29, 0.717) is 5.56 Å². The summed E-state index contributed by atoms with van der Waals surface area (Å²) in [5.74, 6) is 0. The van der Waals surface area contributed by atoms with Crippen LogP contribution in [0.2, 0.25) is 0 Å². The van der Waals surface area contributed by atoms with Gasteiger partial charge in [-0.25, -0.2) is 0 Å². The lowest BCUT2D eigenvalue weighted by Crippen LogP contribution is -1.87. The van der Waals surface area contributed by atoms with Gasteiger partial charge in [0.15, 0.2) is 0 Å². The molecule has 0 saturated heterocycles. The molecular weight excluding hydrogens is 256 g/mol. The molecule has 2 aromatic heterocycles. The van der Waals surface area contributed by atoms with Crippen LogP contribution >= 0.6 is 12.8 Å². The average Bonchev–Trinajstić information content (AvgIpc) is 2.94. The molecule has 0 amide bonds. The Morgan fingerprint density at radius 2 is 2.11 bits per heavy atom. The second-order valence-corrected chi connectivity index (χ2v) is 4.97. The molecular formula is C14H12N4S. The first-order valence-corrected chi connectivity index (χ1v) is 6.24. The van der Waals surface area contributed by atoms with E-state index in [1.807, 2.05) is 32.3 Å². The minimum Gasteiger partial charge on any atom is -0.291 e. The van der Waals surface area contributed by atoms with Gasteiger partial charge in [-0.2, -0.15) is 10.4 Å². The fraction of sp³-hybridized carbons (Fsp3) is 0.143. The molecule has 0 aliphatic rings. The number of nitriles is 1. The second-order valence-electron chi connectivity index (χ2n) is 4.57. The van der Waals surface area contributed by atoms with Crippen molar-refractivity contribution in [2.24, 2.45) is 7.05 Å². The Bertz CT molecular complexity index is 820. The lowest BCUT2D eigenvalue weighted by atomic mass is 10.0. The molecule has 0 radical (unpaired) electrons. The predicted molar refractivity (Wildman–Crippen MR) is 78.0 cm³/mol. The van der Waals surface area contributed by atoms with Crippen LogP contribution in [0, 0.1) is 18.3 Å². The maximum absolute atomic E-state index is 9.33. The topological polar surface area (TPSA) is 46.5 Å². The van der Waals surface area contributed by atoms with Crippen LogP contribution in [0.3, 0.4) is 0 Å². The van der Waals surface area contributed by atoms with Gasteiger partial charge in [-0.05, 0) is 25.1 Å². The van der Waals surface area contributed by atoms with E-state index in [-0.39, 0.29) is 0 Å². The lowest BCUT2D eigenvalue weighted by Gasteiger charge is -2.03. The molecule has 0 unspecified atom stereocenters. The summed E-state index contributed by atoms with van der Waals surface area (Å²) in [5.41, 5.74) is 4.48. The Hall–Kier alpha value is -2.19. The fourth-order valence-electron chi connectivity index (χ4n) is 2.27. The Kier molecular flexibility index (Phi) is 2.61. The number of benzene rings is 1. The average molecular weight is 268 g/mol. The van der Waals surface area contributed by atoms with E-state index < -0.39 is 0 Å². The third kappa shape index (κ3) is 1.81. The van der Waals surface area contributed by atoms with Crippen molar-refractivity contribution in [1.29, 1.82) is 5.26 Å². The molecule has 3 rings (SSSR count). The van der Waals surface area contributed by atoms with Crippen LogP contribution in [0.15, 0.2) is 30.6 Å². The van der Waals surface area contributed by atoms with Gasteiger partial charge >= 0.3 is 0 Å². The molecule has 0 saturated carbocycles. The van der Waals surface area contributed by atoms with Crippen molar-refractivity contribution in [3.63, 3.8) is 0 Å². The zero-order valence-electron chi connectivity index (χ0n) is 10.6. The first-order valence-electron chi connectivity index (χ1n) is 5.84. The fourth-order valence-corrected chi connectivity index (χ4v) is 2.50. The molecule has 0 aliphatic carbocycles. The first-order chi connectivity index (χ1) is 9.10. The molecule has 94 valence electrons. The van der Waals surface area contributed by atoms with Crippen molar-refractivity contribution in [2.75, 3.05) is 0 Å². The zero-order chi connectivity index (χ0) is 13.6. The molecule has 0 spiro atoms. The highest BCUT2D eigenvalue weighted by molar-refractivity contribution is 7.78. The normalized spacial score (nSPS) is 10.8. The summed E-state index contributed by atoms with van der Waals surface area (Å²) in [4.78, 5) is 0. The number of hydrogen-bond acceptors (Lipinski definition) is 3. The minimum atomic E-state index is 0.633. The van der Waals surface area contributed by atoms with Crippen molar-refractivity contribution >= 4 is 23.7 Å². The van der Waals surface area contributed by atoms with Gasteiger partial charge in [0.2, 0.25) is 0 Å². The molecule has 2 heterocycles. The molecule has 0 bridgehead atoms. The van der Waals surface area contributed by atoms with Crippen LogP contribution in [0.1, 0.15) is 11.3 Å². The Morgan fingerprint density at radius 1 is 1.32 bits per heavy atom. The van der Waals surface area contributed by atoms with Crippen LogP contribution in [0.25, 0.3) is 22.0 Å². The quantitative estimate of drug-likeness (QED) is 0.690. The van der Waals surface area contributed by atoms with E-state index in [9.17, 15) is 5.26 Å². The number of rotatable bonds is 1. The smallest absolute Gasteiger partial charge is 0.0998 e. The molecule has 0 N–H and O–H groups in total. The third-order valence-electron chi connectivity index (χ3n) is 3.23. The molecule has 0 atom stereocenters. The molecule has 0 aliphatic heterocycles. The number of hydrogen-bond donors (Lipinski definition) is 1. The number of fused-ring (bicyclic) bond motifs is 1. The van der Waals surface area contributed by atoms with Crippen LogP contribution in [-0.2, 0) is 7.05 Å². The molecule has 3 aromatic rings. The van der Waals surface area contributed by atoms with Crippen molar-refractivity contribution in [3.05, 3.63) is 41.9 Å². The van der Waals surface area contributed by atoms with Crippen molar-refractivity contribution < 1.29 is 0 Å². The lowest BCUT2D eigenvalue weighted by molar-refractivity contribution is 0.768.